The van der Waals surface area contributed by atoms with Crippen molar-refractivity contribution in [2.24, 2.45) is 0 Å². The van der Waals surface area contributed by atoms with Crippen LogP contribution in [-0.4, -0.2) is 32.3 Å². The molecule has 0 saturated heterocycles. The van der Waals surface area contributed by atoms with Gasteiger partial charge in [-0.25, -0.2) is 9.59 Å². The predicted octanol–water partition coefficient (Wildman–Crippen LogP) is 8.97. The molecule has 2 aromatic heterocycles. The summed E-state index contributed by atoms with van der Waals surface area (Å²) in [6, 6.07) is 20.3. The van der Waals surface area contributed by atoms with Crippen molar-refractivity contribution in [1.82, 2.24) is 20.4 Å². The summed E-state index contributed by atoms with van der Waals surface area (Å²) in [5.41, 5.74) is 4.27. The number of nitrogens with zero attached hydrogens (tertiary/aromatic N) is 4. The molecule has 2 aliphatic carbocycles. The minimum Gasteiger partial charge on any atom is -0.434 e. The molecule has 3 aromatic carbocycles. The molecular formula is C36H28Cl2N4O6. The standard InChI is InChI=1S/C36H28Cl2N4O6/c1-19-5-3-7-25(21-9-10-21)31(19)47-33-27(17-29(37)39-41-33)45-35(43)23-13-15-24(16-14-23)36(44)46-28-18-30(38)40-42-34(28)48-32-20(2)6-4-8-26(32)22-11-12-22/h3-8,13-18,21-22H,9-12H2,1-2H3. The van der Waals surface area contributed by atoms with E-state index in [4.69, 9.17) is 42.1 Å². The van der Waals surface area contributed by atoms with Crippen LogP contribution in [0.25, 0.3) is 0 Å². The fourth-order valence-corrected chi connectivity index (χ4v) is 5.56. The van der Waals surface area contributed by atoms with E-state index < -0.39 is 11.9 Å². The van der Waals surface area contributed by atoms with E-state index in [9.17, 15) is 9.59 Å². The van der Waals surface area contributed by atoms with E-state index in [-0.39, 0.29) is 44.7 Å². The van der Waals surface area contributed by atoms with Gasteiger partial charge in [0, 0.05) is 12.1 Å². The summed E-state index contributed by atoms with van der Waals surface area (Å²) in [7, 11) is 0. The minimum absolute atomic E-state index is 0.00146. The molecule has 0 spiro atoms. The van der Waals surface area contributed by atoms with E-state index in [0.29, 0.717) is 23.3 Å². The van der Waals surface area contributed by atoms with Crippen LogP contribution >= 0.6 is 23.2 Å². The van der Waals surface area contributed by atoms with E-state index >= 15 is 0 Å². The molecule has 7 rings (SSSR count). The van der Waals surface area contributed by atoms with Crippen molar-refractivity contribution < 1.29 is 28.5 Å². The molecule has 2 fully saturated rings. The highest BCUT2D eigenvalue weighted by Crippen LogP contribution is 2.48. The zero-order chi connectivity index (χ0) is 33.4. The second-order valence-electron chi connectivity index (χ2n) is 11.8. The maximum absolute atomic E-state index is 13.2. The van der Waals surface area contributed by atoms with Gasteiger partial charge in [-0.3, -0.25) is 0 Å². The molecule has 0 atom stereocenters. The summed E-state index contributed by atoms with van der Waals surface area (Å²) < 4.78 is 23.6. The fourth-order valence-electron chi connectivity index (χ4n) is 5.28. The lowest BCUT2D eigenvalue weighted by Crippen LogP contribution is -2.13. The fraction of sp³-hybridized carbons (Fsp3) is 0.222. The van der Waals surface area contributed by atoms with E-state index in [0.717, 1.165) is 47.9 Å². The Labute approximate surface area is 285 Å². The highest BCUT2D eigenvalue weighted by atomic mass is 35.5. The van der Waals surface area contributed by atoms with E-state index in [1.165, 1.54) is 36.4 Å². The van der Waals surface area contributed by atoms with Crippen LogP contribution in [0.5, 0.6) is 34.8 Å². The third-order valence-corrected chi connectivity index (χ3v) is 8.44. The summed E-state index contributed by atoms with van der Waals surface area (Å²) in [6.45, 7) is 3.87. The number of esters is 2. The average Bonchev–Trinajstić information content (AvgIpc) is 4.00. The highest BCUT2D eigenvalue weighted by Gasteiger charge is 2.30. The van der Waals surface area contributed by atoms with Crippen molar-refractivity contribution in [2.45, 2.75) is 51.4 Å². The minimum atomic E-state index is -0.721. The maximum Gasteiger partial charge on any atom is 0.343 e. The normalized spacial score (nSPS) is 13.9. The summed E-state index contributed by atoms with van der Waals surface area (Å²) in [6.07, 6.45) is 4.31. The lowest BCUT2D eigenvalue weighted by Gasteiger charge is -2.15. The summed E-state index contributed by atoms with van der Waals surface area (Å²) in [4.78, 5) is 26.4. The number of benzene rings is 3. The lowest BCUT2D eigenvalue weighted by atomic mass is 10.1. The van der Waals surface area contributed by atoms with Crippen molar-refractivity contribution in [2.75, 3.05) is 0 Å². The molecule has 2 saturated carbocycles. The SMILES string of the molecule is Cc1cccc(C2CC2)c1Oc1nnc(Cl)cc1OC(=O)c1ccc(C(=O)Oc2cc(Cl)nnc2Oc2c(C)cccc2C2CC2)cc1. The summed E-state index contributed by atoms with van der Waals surface area (Å²) in [5, 5.41) is 15.9. The van der Waals surface area contributed by atoms with Crippen molar-refractivity contribution in [3.05, 3.63) is 116 Å². The van der Waals surface area contributed by atoms with Crippen LogP contribution < -0.4 is 18.9 Å². The first kappa shape index (κ1) is 31.5. The Hall–Kier alpha value is -5.06. The quantitative estimate of drug-likeness (QED) is 0.132. The number of rotatable bonds is 10. The molecule has 0 bridgehead atoms. The second-order valence-corrected chi connectivity index (χ2v) is 12.5. The Morgan fingerprint density at radius 1 is 0.604 bits per heavy atom. The third-order valence-electron chi connectivity index (χ3n) is 8.07. The number of para-hydroxylation sites is 2. The predicted molar refractivity (Wildman–Crippen MR) is 177 cm³/mol. The van der Waals surface area contributed by atoms with Crippen LogP contribution in [0.2, 0.25) is 10.3 Å². The largest absolute Gasteiger partial charge is 0.434 e. The van der Waals surface area contributed by atoms with Crippen LogP contribution in [0.15, 0.2) is 72.8 Å². The first-order chi connectivity index (χ1) is 23.2. The molecule has 0 amide bonds. The number of ether oxygens (including phenoxy) is 4. The van der Waals surface area contributed by atoms with Crippen molar-refractivity contribution in [3.8, 4) is 34.8 Å². The smallest absolute Gasteiger partial charge is 0.343 e. The number of carbonyl (C=O) groups excluding carboxylic acids is 2. The topological polar surface area (TPSA) is 123 Å². The molecule has 0 radical (unpaired) electrons. The molecule has 242 valence electrons. The number of hydrogen-bond acceptors (Lipinski definition) is 10. The Kier molecular flexibility index (Phi) is 8.68. The molecule has 0 aliphatic heterocycles. The Balaban J connectivity index is 1.06. The van der Waals surface area contributed by atoms with Crippen molar-refractivity contribution in [3.63, 3.8) is 0 Å². The molecule has 2 aliphatic rings. The van der Waals surface area contributed by atoms with Gasteiger partial charge in [-0.2, -0.15) is 0 Å². The zero-order valence-corrected chi connectivity index (χ0v) is 27.4. The van der Waals surface area contributed by atoms with Crippen LogP contribution in [0.1, 0.15) is 80.5 Å². The van der Waals surface area contributed by atoms with Gasteiger partial charge in [0.05, 0.1) is 11.1 Å². The van der Waals surface area contributed by atoms with Gasteiger partial charge in [0.1, 0.15) is 11.5 Å². The Bertz CT molecular complexity index is 1900. The van der Waals surface area contributed by atoms with Gasteiger partial charge in [0.15, 0.2) is 21.8 Å². The number of halogens is 2. The zero-order valence-electron chi connectivity index (χ0n) is 25.9. The first-order valence-electron chi connectivity index (χ1n) is 15.4. The number of aryl methyl sites for hydroxylation is 2. The van der Waals surface area contributed by atoms with Crippen LogP contribution in [0.3, 0.4) is 0 Å². The van der Waals surface area contributed by atoms with Crippen LogP contribution in [-0.2, 0) is 0 Å². The highest BCUT2D eigenvalue weighted by molar-refractivity contribution is 6.29. The van der Waals surface area contributed by atoms with Gasteiger partial charge in [0.2, 0.25) is 0 Å². The molecular weight excluding hydrogens is 655 g/mol. The molecule has 0 unspecified atom stereocenters. The summed E-state index contributed by atoms with van der Waals surface area (Å²) in [5.74, 6) is 0.692. The molecule has 12 heteroatoms. The van der Waals surface area contributed by atoms with Crippen LogP contribution in [0, 0.1) is 13.8 Å². The van der Waals surface area contributed by atoms with Gasteiger partial charge < -0.3 is 18.9 Å². The van der Waals surface area contributed by atoms with Gasteiger partial charge in [0.25, 0.3) is 11.8 Å². The van der Waals surface area contributed by atoms with Gasteiger partial charge in [-0.05, 0) is 97.9 Å². The van der Waals surface area contributed by atoms with E-state index in [1.54, 1.807) is 0 Å². The molecule has 5 aromatic rings. The number of hydrogen-bond donors (Lipinski definition) is 0. The molecule has 48 heavy (non-hydrogen) atoms. The van der Waals surface area contributed by atoms with Gasteiger partial charge in [-0.15, -0.1) is 20.4 Å². The number of aromatic nitrogens is 4. The van der Waals surface area contributed by atoms with E-state index in [2.05, 4.69) is 20.4 Å². The monoisotopic (exact) mass is 682 g/mol. The third kappa shape index (κ3) is 6.95. The Morgan fingerprint density at radius 2 is 1.00 bits per heavy atom. The molecule has 0 N–H and O–H groups in total. The second kappa shape index (κ2) is 13.2. The van der Waals surface area contributed by atoms with Crippen molar-refractivity contribution in [1.29, 1.82) is 0 Å². The van der Waals surface area contributed by atoms with Crippen molar-refractivity contribution >= 4 is 35.1 Å². The summed E-state index contributed by atoms with van der Waals surface area (Å²) >= 11 is 12.2. The molecule has 2 heterocycles. The van der Waals surface area contributed by atoms with Gasteiger partial charge >= 0.3 is 11.9 Å². The first-order valence-corrected chi connectivity index (χ1v) is 16.1. The molecule has 10 nitrogen and oxygen atoms in total. The van der Waals surface area contributed by atoms with Gasteiger partial charge in [-0.1, -0.05) is 59.6 Å². The van der Waals surface area contributed by atoms with E-state index in [1.807, 2.05) is 50.2 Å². The maximum atomic E-state index is 13.2. The number of carbonyl (C=O) groups is 2. The van der Waals surface area contributed by atoms with Crippen LogP contribution in [0.4, 0.5) is 0 Å². The average molecular weight is 684 g/mol. The lowest BCUT2D eigenvalue weighted by molar-refractivity contribution is 0.0715. The Morgan fingerprint density at radius 3 is 1.38 bits per heavy atom.